The van der Waals surface area contributed by atoms with Crippen molar-refractivity contribution in [3.63, 3.8) is 0 Å². The molecule has 0 unspecified atom stereocenters. The van der Waals surface area contributed by atoms with Crippen LogP contribution in [0.2, 0.25) is 0 Å². The van der Waals surface area contributed by atoms with Gasteiger partial charge in [-0.05, 0) is 86.1 Å². The molecule has 1 N–H and O–H groups in total. The number of aryl methyl sites for hydroxylation is 2. The predicted octanol–water partition coefficient (Wildman–Crippen LogP) is 5.12. The molecule has 0 atom stereocenters. The van der Waals surface area contributed by atoms with Gasteiger partial charge in [0.25, 0.3) is 16.8 Å². The van der Waals surface area contributed by atoms with E-state index in [4.69, 9.17) is 0 Å². The molecule has 4 rings (SSSR count). The van der Waals surface area contributed by atoms with Gasteiger partial charge in [-0.1, -0.05) is 0 Å². The zero-order valence-electron chi connectivity index (χ0n) is 19.6. The summed E-state index contributed by atoms with van der Waals surface area (Å²) >= 11 is 0.740. The number of nitrogens with one attached hydrogen (secondary N) is 1. The van der Waals surface area contributed by atoms with E-state index in [1.165, 1.54) is 36.4 Å². The quantitative estimate of drug-likeness (QED) is 0.281. The standard InChI is InChI=1S/C25H21FN4O5S/c1-14-10-20(30(34)35)8-9-21(14)29-15(2)11-17(16(29)3)12-22-24(32)28(25(33)36-22)13-23(31)27-19-6-4-18(26)5-7-19/h4-12H,13H2,1-3H3,(H,27,31)/b22-12-. The van der Waals surface area contributed by atoms with Crippen molar-refractivity contribution in [2.45, 2.75) is 20.8 Å². The Bertz CT molecular complexity index is 1450. The Morgan fingerprint density at radius 3 is 2.44 bits per heavy atom. The van der Waals surface area contributed by atoms with Crippen LogP contribution in [0.15, 0.2) is 53.4 Å². The summed E-state index contributed by atoms with van der Waals surface area (Å²) in [4.78, 5) is 49.4. The molecule has 1 aromatic heterocycles. The number of carbonyl (C=O) groups excluding carboxylic acids is 3. The zero-order chi connectivity index (χ0) is 26.1. The third-order valence-electron chi connectivity index (χ3n) is 5.69. The van der Waals surface area contributed by atoms with Crippen molar-refractivity contribution >= 4 is 46.3 Å². The number of carbonyl (C=O) groups is 3. The molecule has 9 nitrogen and oxygen atoms in total. The number of halogens is 1. The van der Waals surface area contributed by atoms with Crippen LogP contribution in [0, 0.1) is 36.7 Å². The van der Waals surface area contributed by atoms with Gasteiger partial charge in [-0.2, -0.15) is 0 Å². The fourth-order valence-corrected chi connectivity index (χ4v) is 4.79. The molecule has 0 spiro atoms. The van der Waals surface area contributed by atoms with Crippen LogP contribution in [-0.4, -0.2) is 38.0 Å². The first-order valence-electron chi connectivity index (χ1n) is 10.8. The summed E-state index contributed by atoms with van der Waals surface area (Å²) in [6.07, 6.45) is 1.60. The number of anilines is 1. The molecular weight excluding hydrogens is 487 g/mol. The van der Waals surface area contributed by atoms with Crippen LogP contribution in [0.1, 0.15) is 22.5 Å². The van der Waals surface area contributed by atoms with Crippen molar-refractivity contribution in [3.8, 4) is 5.69 Å². The van der Waals surface area contributed by atoms with E-state index in [0.717, 1.165) is 33.7 Å². The average Bonchev–Trinajstić information content (AvgIpc) is 3.24. The SMILES string of the molecule is Cc1cc([N+](=O)[O-])ccc1-n1c(C)cc(/C=C2\SC(=O)N(CC(=O)Nc3ccc(F)cc3)C2=O)c1C. The van der Waals surface area contributed by atoms with Crippen molar-refractivity contribution in [2.75, 3.05) is 11.9 Å². The van der Waals surface area contributed by atoms with Crippen molar-refractivity contribution in [3.05, 3.63) is 91.9 Å². The first-order valence-corrected chi connectivity index (χ1v) is 11.6. The van der Waals surface area contributed by atoms with E-state index in [-0.39, 0.29) is 10.6 Å². The second kappa shape index (κ2) is 9.78. The van der Waals surface area contributed by atoms with Crippen molar-refractivity contribution < 1.29 is 23.7 Å². The molecule has 2 aromatic carbocycles. The van der Waals surface area contributed by atoms with Gasteiger partial charge in [0.05, 0.1) is 9.83 Å². The van der Waals surface area contributed by atoms with Crippen molar-refractivity contribution in [1.29, 1.82) is 0 Å². The molecule has 1 saturated heterocycles. The Labute approximate surface area is 209 Å². The van der Waals surface area contributed by atoms with Gasteiger partial charge in [-0.3, -0.25) is 29.4 Å². The lowest BCUT2D eigenvalue weighted by molar-refractivity contribution is -0.384. The van der Waals surface area contributed by atoms with Gasteiger partial charge in [0.2, 0.25) is 5.91 Å². The monoisotopic (exact) mass is 508 g/mol. The second-order valence-electron chi connectivity index (χ2n) is 8.21. The number of thioether (sulfide) groups is 1. The summed E-state index contributed by atoms with van der Waals surface area (Å²) < 4.78 is 15.0. The van der Waals surface area contributed by atoms with Crippen LogP contribution >= 0.6 is 11.8 Å². The minimum atomic E-state index is -0.587. The fraction of sp³-hybridized carbons (Fsp3) is 0.160. The van der Waals surface area contributed by atoms with Crippen LogP contribution in [0.3, 0.4) is 0 Å². The Morgan fingerprint density at radius 2 is 1.81 bits per heavy atom. The van der Waals surface area contributed by atoms with Gasteiger partial charge in [0.1, 0.15) is 12.4 Å². The minimum absolute atomic E-state index is 0.00363. The van der Waals surface area contributed by atoms with E-state index in [1.807, 2.05) is 24.5 Å². The van der Waals surface area contributed by atoms with Crippen LogP contribution in [-0.2, 0) is 9.59 Å². The molecule has 0 radical (unpaired) electrons. The molecule has 1 aliphatic rings. The fourth-order valence-electron chi connectivity index (χ4n) is 3.96. The van der Waals surface area contributed by atoms with E-state index in [0.29, 0.717) is 16.8 Å². The maximum absolute atomic E-state index is 13.0. The molecule has 3 amide bonds. The van der Waals surface area contributed by atoms with Crippen LogP contribution in [0.5, 0.6) is 0 Å². The van der Waals surface area contributed by atoms with E-state index in [9.17, 15) is 28.9 Å². The molecular formula is C25H21FN4O5S. The highest BCUT2D eigenvalue weighted by Crippen LogP contribution is 2.34. The highest BCUT2D eigenvalue weighted by atomic mass is 32.2. The molecule has 1 fully saturated rings. The average molecular weight is 509 g/mol. The van der Waals surface area contributed by atoms with Gasteiger partial charge in [0.15, 0.2) is 0 Å². The molecule has 2 heterocycles. The highest BCUT2D eigenvalue weighted by molar-refractivity contribution is 8.18. The topological polar surface area (TPSA) is 115 Å². The molecule has 0 aliphatic carbocycles. The van der Waals surface area contributed by atoms with Crippen LogP contribution in [0.25, 0.3) is 11.8 Å². The van der Waals surface area contributed by atoms with Crippen molar-refractivity contribution in [1.82, 2.24) is 9.47 Å². The number of nitrogens with zero attached hydrogens (tertiary/aromatic N) is 3. The number of nitro benzene ring substituents is 1. The lowest BCUT2D eigenvalue weighted by Crippen LogP contribution is -2.36. The number of non-ortho nitro benzene ring substituents is 1. The van der Waals surface area contributed by atoms with E-state index in [1.54, 1.807) is 19.1 Å². The van der Waals surface area contributed by atoms with Gasteiger partial charge < -0.3 is 9.88 Å². The lowest BCUT2D eigenvalue weighted by atomic mass is 10.1. The third-order valence-corrected chi connectivity index (χ3v) is 6.60. The maximum Gasteiger partial charge on any atom is 0.294 e. The Hall–Kier alpha value is -4.25. The smallest absolute Gasteiger partial charge is 0.294 e. The Kier molecular flexibility index (Phi) is 6.75. The number of rotatable bonds is 6. The van der Waals surface area contributed by atoms with E-state index in [2.05, 4.69) is 5.32 Å². The molecule has 0 saturated carbocycles. The minimum Gasteiger partial charge on any atom is -0.325 e. The van der Waals surface area contributed by atoms with Gasteiger partial charge in [-0.25, -0.2) is 4.39 Å². The highest BCUT2D eigenvalue weighted by Gasteiger charge is 2.36. The van der Waals surface area contributed by atoms with Crippen LogP contribution in [0.4, 0.5) is 20.6 Å². The van der Waals surface area contributed by atoms with Gasteiger partial charge in [0, 0.05) is 34.9 Å². The number of aromatic nitrogens is 1. The lowest BCUT2D eigenvalue weighted by Gasteiger charge is -2.13. The first kappa shape index (κ1) is 24.9. The van der Waals surface area contributed by atoms with Crippen LogP contribution < -0.4 is 5.32 Å². The molecule has 1 aliphatic heterocycles. The molecule has 11 heteroatoms. The summed E-state index contributed by atoms with van der Waals surface area (Å²) in [7, 11) is 0. The zero-order valence-corrected chi connectivity index (χ0v) is 20.4. The number of nitro groups is 1. The molecule has 0 bridgehead atoms. The first-order chi connectivity index (χ1) is 17.0. The predicted molar refractivity (Wildman–Crippen MR) is 134 cm³/mol. The molecule has 36 heavy (non-hydrogen) atoms. The summed E-state index contributed by atoms with van der Waals surface area (Å²) in [6.45, 7) is 5.03. The number of benzene rings is 2. The Morgan fingerprint density at radius 1 is 1.11 bits per heavy atom. The summed E-state index contributed by atoms with van der Waals surface area (Å²) in [5.74, 6) is -1.63. The normalized spacial score (nSPS) is 14.6. The number of hydrogen-bond acceptors (Lipinski definition) is 6. The second-order valence-corrected chi connectivity index (χ2v) is 9.21. The van der Waals surface area contributed by atoms with Gasteiger partial charge in [-0.15, -0.1) is 0 Å². The van der Waals surface area contributed by atoms with Crippen molar-refractivity contribution in [2.24, 2.45) is 0 Å². The van der Waals surface area contributed by atoms with E-state index >= 15 is 0 Å². The maximum atomic E-state index is 13.0. The summed E-state index contributed by atoms with van der Waals surface area (Å²) in [6, 6.07) is 11.6. The molecule has 184 valence electrons. The van der Waals surface area contributed by atoms with E-state index < -0.39 is 34.3 Å². The summed E-state index contributed by atoms with van der Waals surface area (Å²) in [5.41, 5.74) is 4.14. The summed E-state index contributed by atoms with van der Waals surface area (Å²) in [5, 5.41) is 13.0. The Balaban J connectivity index is 1.55. The molecule has 3 aromatic rings. The number of hydrogen-bond donors (Lipinski definition) is 1. The largest absolute Gasteiger partial charge is 0.325 e. The third kappa shape index (κ3) is 4.91. The van der Waals surface area contributed by atoms with Gasteiger partial charge >= 0.3 is 0 Å². The number of imide groups is 1. The number of amides is 3.